The number of aliphatic hydroxyl groups is 2. The predicted octanol–water partition coefficient (Wildman–Crippen LogP) is 4.90. The maximum atomic E-state index is 9.12. The normalized spacial score (nSPS) is 13.7. The zero-order valence-corrected chi connectivity index (χ0v) is 14.3. The first-order chi connectivity index (χ1) is 9.60. The molecule has 0 aliphatic heterocycles. The van der Waals surface area contributed by atoms with Crippen LogP contribution >= 0.6 is 11.6 Å². The molecule has 0 saturated carbocycles. The fourth-order valence-electron chi connectivity index (χ4n) is 2.83. The molecule has 3 heteroatoms. The summed E-state index contributed by atoms with van der Waals surface area (Å²) in [5.74, 6) is 0.351. The minimum absolute atomic E-state index is 0.102. The van der Waals surface area contributed by atoms with Gasteiger partial charge in [0.1, 0.15) is 0 Å². The smallest absolute Gasteiger partial charge is 0.0515 e. The summed E-state index contributed by atoms with van der Waals surface area (Å²) in [7, 11) is 0. The molecule has 0 aliphatic carbocycles. The molecule has 1 atom stereocenters. The summed E-state index contributed by atoms with van der Waals surface area (Å²) in [4.78, 5) is -0.426. The lowest BCUT2D eigenvalue weighted by molar-refractivity contribution is 0.193. The standard InChI is InChI=1S/C17H35ClO2/c1-3-4-5-6-7-8-9-10-11-16(2)17(18,12-14-19)13-15-20/h16,19-20H,3-15H2,1-2H3. The number of aliphatic hydroxyl groups excluding tert-OH is 2. The van der Waals surface area contributed by atoms with Crippen molar-refractivity contribution in [1.82, 2.24) is 0 Å². The molecule has 0 bridgehead atoms. The van der Waals surface area contributed by atoms with Gasteiger partial charge in [-0.25, -0.2) is 0 Å². The van der Waals surface area contributed by atoms with Gasteiger partial charge in [0.15, 0.2) is 0 Å². The SMILES string of the molecule is CCCCCCCCCCC(C)C(Cl)(CCO)CCO. The van der Waals surface area contributed by atoms with Crippen molar-refractivity contribution < 1.29 is 10.2 Å². The van der Waals surface area contributed by atoms with E-state index in [2.05, 4.69) is 13.8 Å². The van der Waals surface area contributed by atoms with Crippen LogP contribution in [-0.2, 0) is 0 Å². The Hall–Kier alpha value is 0.210. The van der Waals surface area contributed by atoms with Gasteiger partial charge in [0.2, 0.25) is 0 Å². The van der Waals surface area contributed by atoms with E-state index in [1.165, 1.54) is 51.4 Å². The zero-order valence-electron chi connectivity index (χ0n) is 13.5. The second-order valence-corrected chi connectivity index (χ2v) is 6.90. The van der Waals surface area contributed by atoms with Gasteiger partial charge in [-0.05, 0) is 25.2 Å². The van der Waals surface area contributed by atoms with Crippen LogP contribution in [0.25, 0.3) is 0 Å². The maximum absolute atomic E-state index is 9.12. The Kier molecular flexibility index (Phi) is 13.0. The van der Waals surface area contributed by atoms with Crippen LogP contribution in [0, 0.1) is 5.92 Å². The van der Waals surface area contributed by atoms with Crippen LogP contribution in [0.4, 0.5) is 0 Å². The molecule has 2 N–H and O–H groups in total. The van der Waals surface area contributed by atoms with Gasteiger partial charge in [-0.2, -0.15) is 0 Å². The summed E-state index contributed by atoms with van der Waals surface area (Å²) in [6.45, 7) is 4.61. The fourth-order valence-corrected chi connectivity index (χ4v) is 3.11. The van der Waals surface area contributed by atoms with Gasteiger partial charge in [-0.3, -0.25) is 0 Å². The Morgan fingerprint density at radius 2 is 1.30 bits per heavy atom. The summed E-state index contributed by atoms with van der Waals surface area (Å²) < 4.78 is 0. The molecule has 122 valence electrons. The molecule has 0 heterocycles. The molecule has 0 aromatic carbocycles. The highest BCUT2D eigenvalue weighted by Crippen LogP contribution is 2.35. The van der Waals surface area contributed by atoms with Crippen molar-refractivity contribution in [3.05, 3.63) is 0 Å². The number of hydrogen-bond donors (Lipinski definition) is 2. The van der Waals surface area contributed by atoms with Crippen LogP contribution in [0.15, 0.2) is 0 Å². The third kappa shape index (κ3) is 9.20. The van der Waals surface area contributed by atoms with Crippen LogP contribution < -0.4 is 0 Å². The molecule has 0 aliphatic rings. The Morgan fingerprint density at radius 1 is 0.850 bits per heavy atom. The molecule has 20 heavy (non-hydrogen) atoms. The highest BCUT2D eigenvalue weighted by Gasteiger charge is 2.32. The van der Waals surface area contributed by atoms with Gasteiger partial charge >= 0.3 is 0 Å². The number of halogens is 1. The van der Waals surface area contributed by atoms with Crippen LogP contribution in [-0.4, -0.2) is 28.3 Å². The summed E-state index contributed by atoms with van der Waals surface area (Å²) in [6.07, 6.45) is 12.8. The Labute approximate surface area is 130 Å². The number of hydrogen-bond acceptors (Lipinski definition) is 2. The van der Waals surface area contributed by atoms with Crippen molar-refractivity contribution in [2.45, 2.75) is 89.4 Å². The quantitative estimate of drug-likeness (QED) is 0.354. The largest absolute Gasteiger partial charge is 0.396 e. The van der Waals surface area contributed by atoms with Crippen molar-refractivity contribution in [3.8, 4) is 0 Å². The molecule has 0 amide bonds. The molecule has 0 aromatic heterocycles. The van der Waals surface area contributed by atoms with Crippen molar-refractivity contribution in [2.75, 3.05) is 13.2 Å². The molecule has 0 rings (SSSR count). The average molecular weight is 307 g/mol. The molecule has 2 nitrogen and oxygen atoms in total. The highest BCUT2D eigenvalue weighted by atomic mass is 35.5. The number of alkyl halides is 1. The van der Waals surface area contributed by atoms with Crippen LogP contribution in [0.2, 0.25) is 0 Å². The molecule has 0 spiro atoms. The van der Waals surface area contributed by atoms with Gasteiger partial charge in [-0.15, -0.1) is 11.6 Å². The van der Waals surface area contributed by atoms with Crippen molar-refractivity contribution in [2.24, 2.45) is 5.92 Å². The minimum Gasteiger partial charge on any atom is -0.396 e. The second kappa shape index (κ2) is 12.9. The molecular weight excluding hydrogens is 272 g/mol. The lowest BCUT2D eigenvalue weighted by atomic mass is 9.84. The Balaban J connectivity index is 3.71. The summed E-state index contributed by atoms with van der Waals surface area (Å²) in [5.41, 5.74) is 0. The minimum atomic E-state index is -0.426. The van der Waals surface area contributed by atoms with E-state index in [-0.39, 0.29) is 13.2 Å². The first kappa shape index (κ1) is 20.2. The molecule has 1 unspecified atom stereocenters. The van der Waals surface area contributed by atoms with Gasteiger partial charge in [0, 0.05) is 13.2 Å². The van der Waals surface area contributed by atoms with Gasteiger partial charge < -0.3 is 10.2 Å². The second-order valence-electron chi connectivity index (χ2n) is 6.15. The average Bonchev–Trinajstić information content (AvgIpc) is 2.42. The fraction of sp³-hybridized carbons (Fsp3) is 1.00. The monoisotopic (exact) mass is 306 g/mol. The number of unbranched alkanes of at least 4 members (excludes halogenated alkanes) is 7. The summed E-state index contributed by atoms with van der Waals surface area (Å²) in [6, 6.07) is 0. The summed E-state index contributed by atoms with van der Waals surface area (Å²) in [5, 5.41) is 18.2. The predicted molar refractivity (Wildman–Crippen MR) is 88.4 cm³/mol. The van der Waals surface area contributed by atoms with Crippen LogP contribution in [0.3, 0.4) is 0 Å². The van der Waals surface area contributed by atoms with E-state index >= 15 is 0 Å². The summed E-state index contributed by atoms with van der Waals surface area (Å²) >= 11 is 6.57. The van der Waals surface area contributed by atoms with E-state index in [0.717, 1.165) is 6.42 Å². The zero-order chi connectivity index (χ0) is 15.3. The van der Waals surface area contributed by atoms with Crippen molar-refractivity contribution in [3.63, 3.8) is 0 Å². The Bertz CT molecular complexity index is 203. The lowest BCUT2D eigenvalue weighted by Gasteiger charge is -2.32. The Morgan fingerprint density at radius 3 is 1.75 bits per heavy atom. The van der Waals surface area contributed by atoms with E-state index < -0.39 is 4.87 Å². The van der Waals surface area contributed by atoms with Gasteiger partial charge in [-0.1, -0.05) is 65.2 Å². The van der Waals surface area contributed by atoms with Crippen LogP contribution in [0.5, 0.6) is 0 Å². The van der Waals surface area contributed by atoms with E-state index in [1.54, 1.807) is 0 Å². The third-order valence-electron chi connectivity index (χ3n) is 4.43. The molecule has 0 radical (unpaired) electrons. The lowest BCUT2D eigenvalue weighted by Crippen LogP contribution is -2.32. The molecular formula is C17H35ClO2. The molecule has 0 aromatic rings. The van der Waals surface area contributed by atoms with E-state index in [1.807, 2.05) is 0 Å². The first-order valence-corrected chi connectivity index (χ1v) is 8.89. The third-order valence-corrected chi connectivity index (χ3v) is 5.18. The topological polar surface area (TPSA) is 40.5 Å². The van der Waals surface area contributed by atoms with E-state index in [0.29, 0.717) is 18.8 Å². The van der Waals surface area contributed by atoms with Crippen molar-refractivity contribution in [1.29, 1.82) is 0 Å². The molecule has 0 saturated heterocycles. The van der Waals surface area contributed by atoms with Crippen molar-refractivity contribution >= 4 is 11.6 Å². The maximum Gasteiger partial charge on any atom is 0.0515 e. The van der Waals surface area contributed by atoms with E-state index in [4.69, 9.17) is 21.8 Å². The highest BCUT2D eigenvalue weighted by molar-refractivity contribution is 6.24. The van der Waals surface area contributed by atoms with E-state index in [9.17, 15) is 0 Å². The van der Waals surface area contributed by atoms with Crippen LogP contribution in [0.1, 0.15) is 84.5 Å². The molecule has 0 fully saturated rings. The van der Waals surface area contributed by atoms with Gasteiger partial charge in [0.25, 0.3) is 0 Å². The number of rotatable bonds is 14. The first-order valence-electron chi connectivity index (χ1n) is 8.51. The van der Waals surface area contributed by atoms with Gasteiger partial charge in [0.05, 0.1) is 4.87 Å².